The van der Waals surface area contributed by atoms with Crippen LogP contribution < -0.4 is 0 Å². The Balaban J connectivity index is -0.0000000133. The second-order valence-electron chi connectivity index (χ2n) is 0.448. The molecule has 0 aliphatic carbocycles. The van der Waals surface area contributed by atoms with E-state index in [0.717, 1.165) is 0 Å². The maximum atomic E-state index is 8.74. The van der Waals surface area contributed by atoms with Gasteiger partial charge in [-0.05, 0) is 0 Å². The maximum Gasteiger partial charge on any atom is 0.394 e. The zero-order valence-electron chi connectivity index (χ0n) is 4.03. The Labute approximate surface area is 73.1 Å². The third-order valence-electron chi connectivity index (χ3n) is 0. The maximum absolute atomic E-state index is 8.74. The van der Waals surface area contributed by atoms with Crippen molar-refractivity contribution in [2.24, 2.45) is 0 Å². The Morgan fingerprint density at radius 1 is 1.00 bits per heavy atom. The van der Waals surface area contributed by atoms with Gasteiger partial charge >= 0.3 is 10.4 Å². The van der Waals surface area contributed by atoms with Crippen molar-refractivity contribution in [3.05, 3.63) is 0 Å². The molecule has 6 N–H and O–H groups in total. The first kappa shape index (κ1) is 33.0. The summed E-state index contributed by atoms with van der Waals surface area (Å²) in [5, 5.41) is 0. The summed E-state index contributed by atoms with van der Waals surface area (Å²) in [6.07, 6.45) is 0. The second kappa shape index (κ2) is 11.6. The molecular formula is H7ClO6STi. The fourth-order valence-electron chi connectivity index (χ4n) is 0. The van der Waals surface area contributed by atoms with E-state index < -0.39 is 10.4 Å². The van der Waals surface area contributed by atoms with Gasteiger partial charge in [0.2, 0.25) is 0 Å². The molecule has 0 radical (unpaired) electrons. The number of hydrogen-bond donors (Lipinski definition) is 2. The van der Waals surface area contributed by atoms with Crippen molar-refractivity contribution in [1.82, 2.24) is 0 Å². The monoisotopic (exact) mass is 218 g/mol. The number of hydrogen-bond acceptors (Lipinski definition) is 2. The summed E-state index contributed by atoms with van der Waals surface area (Å²) < 4.78 is 31.6. The zero-order chi connectivity index (χ0) is 4.50. The third kappa shape index (κ3) is 643. The molecule has 0 atom stereocenters. The van der Waals surface area contributed by atoms with Crippen LogP contribution in [0.3, 0.4) is 0 Å². The van der Waals surface area contributed by atoms with Gasteiger partial charge in [0, 0.05) is 21.7 Å². The molecule has 0 fully saturated rings. The Bertz CT molecular complexity index is 96.2. The molecule has 0 spiro atoms. The summed E-state index contributed by atoms with van der Waals surface area (Å²) in [5.41, 5.74) is 0. The smallest absolute Gasteiger partial charge is 0.394 e. The summed E-state index contributed by atoms with van der Waals surface area (Å²) >= 11 is 0. The molecule has 0 aromatic rings. The first-order valence-corrected chi connectivity index (χ1v) is 2.10. The van der Waals surface area contributed by atoms with E-state index in [-0.39, 0.29) is 45.1 Å². The molecule has 0 saturated heterocycles. The zero-order valence-corrected chi connectivity index (χ0v) is 7.22. The van der Waals surface area contributed by atoms with Gasteiger partial charge in [0.25, 0.3) is 0 Å². The summed E-state index contributed by atoms with van der Waals surface area (Å²) in [7, 11) is -4.67. The average molecular weight is 218 g/mol. The van der Waals surface area contributed by atoms with Crippen LogP contribution in [0.15, 0.2) is 0 Å². The van der Waals surface area contributed by atoms with Gasteiger partial charge in [0.05, 0.1) is 0 Å². The van der Waals surface area contributed by atoms with Gasteiger partial charge in [-0.1, -0.05) is 0 Å². The molecule has 0 amide bonds. The Morgan fingerprint density at radius 3 is 1.00 bits per heavy atom. The molecule has 0 aromatic heterocycles. The SMILES string of the molecule is Cl.O.O.O=S(=O)(O)O.[Ti]. The van der Waals surface area contributed by atoms with Crippen LogP contribution in [0.2, 0.25) is 0 Å². The van der Waals surface area contributed by atoms with E-state index in [9.17, 15) is 0 Å². The molecule has 0 aliphatic heterocycles. The van der Waals surface area contributed by atoms with Gasteiger partial charge in [0.15, 0.2) is 0 Å². The normalized spacial score (nSPS) is 6.44. The van der Waals surface area contributed by atoms with Gasteiger partial charge in [0.1, 0.15) is 0 Å². The molecular weight excluding hydrogens is 211 g/mol. The predicted molar refractivity (Wildman–Crippen MR) is 28.7 cm³/mol. The van der Waals surface area contributed by atoms with E-state index >= 15 is 0 Å². The quantitative estimate of drug-likeness (QED) is 0.363. The van der Waals surface area contributed by atoms with Gasteiger partial charge in [-0.25, -0.2) is 0 Å². The largest absolute Gasteiger partial charge is 0.412 e. The third-order valence-corrected chi connectivity index (χ3v) is 0. The Hall–Kier alpha value is 0.794. The molecule has 9 heavy (non-hydrogen) atoms. The van der Waals surface area contributed by atoms with Crippen LogP contribution in [0.5, 0.6) is 0 Å². The van der Waals surface area contributed by atoms with Crippen LogP contribution >= 0.6 is 12.4 Å². The first-order chi connectivity index (χ1) is 2.00. The average Bonchev–Trinajstić information content (AvgIpc) is 0.722. The van der Waals surface area contributed by atoms with Gasteiger partial charge in [-0.2, -0.15) is 8.42 Å². The van der Waals surface area contributed by atoms with E-state index in [4.69, 9.17) is 17.5 Å². The molecule has 0 aliphatic rings. The van der Waals surface area contributed by atoms with Crippen molar-refractivity contribution < 1.29 is 50.2 Å². The molecule has 6 nitrogen and oxygen atoms in total. The molecule has 0 bridgehead atoms. The summed E-state index contributed by atoms with van der Waals surface area (Å²) in [6.45, 7) is 0. The summed E-state index contributed by atoms with van der Waals surface area (Å²) in [5.74, 6) is 0. The van der Waals surface area contributed by atoms with Gasteiger partial charge in [-0.15, -0.1) is 12.4 Å². The predicted octanol–water partition coefficient (Wildman–Crippen LogP) is -1.88. The number of rotatable bonds is 0. The molecule has 0 heterocycles. The first-order valence-electron chi connectivity index (χ1n) is 0.698. The minimum Gasteiger partial charge on any atom is -0.412 e. The molecule has 60 valence electrons. The Kier molecular flexibility index (Phi) is 42.4. The minimum absolute atomic E-state index is 0. The summed E-state index contributed by atoms with van der Waals surface area (Å²) in [6, 6.07) is 0. The topological polar surface area (TPSA) is 138 Å². The fourth-order valence-corrected chi connectivity index (χ4v) is 0. The Morgan fingerprint density at radius 2 is 1.00 bits per heavy atom. The van der Waals surface area contributed by atoms with Crippen LogP contribution in [-0.2, 0) is 32.1 Å². The molecule has 0 aromatic carbocycles. The van der Waals surface area contributed by atoms with Crippen molar-refractivity contribution in [2.45, 2.75) is 0 Å². The molecule has 0 unspecified atom stereocenters. The number of halogens is 1. The molecule has 9 heteroatoms. The summed E-state index contributed by atoms with van der Waals surface area (Å²) in [4.78, 5) is 0. The van der Waals surface area contributed by atoms with Crippen LogP contribution in [0, 0.1) is 0 Å². The molecule has 0 rings (SSSR count). The van der Waals surface area contributed by atoms with E-state index in [2.05, 4.69) is 0 Å². The van der Waals surface area contributed by atoms with Crippen LogP contribution in [0.25, 0.3) is 0 Å². The van der Waals surface area contributed by atoms with Crippen molar-refractivity contribution in [3.8, 4) is 0 Å². The van der Waals surface area contributed by atoms with E-state index in [0.29, 0.717) is 0 Å². The van der Waals surface area contributed by atoms with Crippen LogP contribution in [0.1, 0.15) is 0 Å². The van der Waals surface area contributed by atoms with Crippen molar-refractivity contribution >= 4 is 22.8 Å². The van der Waals surface area contributed by atoms with E-state index in [1.165, 1.54) is 0 Å². The van der Waals surface area contributed by atoms with Crippen molar-refractivity contribution in [3.63, 3.8) is 0 Å². The fraction of sp³-hybridized carbons (Fsp3) is 0. The van der Waals surface area contributed by atoms with Crippen LogP contribution in [-0.4, -0.2) is 28.5 Å². The van der Waals surface area contributed by atoms with E-state index in [1.807, 2.05) is 0 Å². The van der Waals surface area contributed by atoms with Crippen LogP contribution in [0.4, 0.5) is 0 Å². The van der Waals surface area contributed by atoms with E-state index in [1.54, 1.807) is 0 Å². The van der Waals surface area contributed by atoms with Gasteiger partial charge in [-0.3, -0.25) is 9.11 Å². The standard InChI is InChI=1S/ClH.H2O4S.2H2O.Ti/c;1-5(2,3)4;;;/h1H;(H2,1,2,3,4);2*1H2;. The minimum atomic E-state index is -4.67. The second-order valence-corrected chi connectivity index (χ2v) is 1.34. The van der Waals surface area contributed by atoms with Crippen molar-refractivity contribution in [1.29, 1.82) is 0 Å². The van der Waals surface area contributed by atoms with Gasteiger partial charge < -0.3 is 11.0 Å². The van der Waals surface area contributed by atoms with Crippen molar-refractivity contribution in [2.75, 3.05) is 0 Å². The molecule has 0 saturated carbocycles.